The number of hydrogen-bond acceptors (Lipinski definition) is 7. The van der Waals surface area contributed by atoms with Gasteiger partial charge in [0.2, 0.25) is 0 Å². The highest BCUT2D eigenvalue weighted by Crippen LogP contribution is 2.15. The molecule has 34 heavy (non-hydrogen) atoms. The van der Waals surface area contributed by atoms with E-state index >= 15 is 0 Å². The van der Waals surface area contributed by atoms with E-state index in [2.05, 4.69) is 22.5 Å². The fourth-order valence-electron chi connectivity index (χ4n) is 2.69. The van der Waals surface area contributed by atoms with E-state index in [0.29, 0.717) is 12.0 Å². The van der Waals surface area contributed by atoms with E-state index in [1.54, 1.807) is 71.0 Å². The maximum Gasteiger partial charge on any atom is 0.408 e. The lowest BCUT2D eigenvalue weighted by molar-refractivity contribution is -0.144. The van der Waals surface area contributed by atoms with Crippen LogP contribution < -0.4 is 10.6 Å². The van der Waals surface area contributed by atoms with E-state index in [1.165, 1.54) is 7.11 Å². The van der Waals surface area contributed by atoms with Gasteiger partial charge < -0.3 is 30.3 Å². The van der Waals surface area contributed by atoms with Crippen molar-refractivity contribution in [3.8, 4) is 11.8 Å². The minimum Gasteiger partial charge on any atom is -0.467 e. The normalized spacial score (nSPS) is 13.3. The molecule has 2 amide bonds. The molecule has 4 N–H and O–H groups in total. The lowest BCUT2D eigenvalue weighted by Gasteiger charge is -2.34. The average Bonchev–Trinajstić information content (AvgIpc) is 2.74. The lowest BCUT2D eigenvalue weighted by atomic mass is 9.94. The van der Waals surface area contributed by atoms with E-state index in [1.807, 2.05) is 0 Å². The van der Waals surface area contributed by atoms with Gasteiger partial charge in [-0.2, -0.15) is 0 Å². The van der Waals surface area contributed by atoms with E-state index in [9.17, 15) is 19.5 Å². The Morgan fingerprint density at radius 1 is 1.12 bits per heavy atom. The Hall–Kier alpha value is -3.35. The van der Waals surface area contributed by atoms with Crippen molar-refractivity contribution in [3.63, 3.8) is 0 Å². The van der Waals surface area contributed by atoms with Crippen LogP contribution >= 0.6 is 0 Å². The van der Waals surface area contributed by atoms with Crippen LogP contribution in [0.15, 0.2) is 36.4 Å². The fraction of sp³-hybridized carbons (Fsp3) is 0.480. The Morgan fingerprint density at radius 2 is 1.74 bits per heavy atom. The van der Waals surface area contributed by atoms with Gasteiger partial charge in [0.25, 0.3) is 5.91 Å². The molecule has 9 nitrogen and oxygen atoms in total. The summed E-state index contributed by atoms with van der Waals surface area (Å²) in [5, 5.41) is 23.2. The number of aliphatic hydroxyl groups excluding tert-OH is 2. The highest BCUT2D eigenvalue weighted by Gasteiger charge is 2.39. The molecule has 0 spiro atoms. The minimum absolute atomic E-state index is 0.286. The molecule has 0 aromatic heterocycles. The zero-order valence-corrected chi connectivity index (χ0v) is 20.5. The number of nitrogens with one attached hydrogen (secondary N) is 2. The van der Waals surface area contributed by atoms with Gasteiger partial charge in [-0.25, -0.2) is 9.59 Å². The lowest BCUT2D eigenvalue weighted by Crippen LogP contribution is -2.62. The van der Waals surface area contributed by atoms with Crippen molar-refractivity contribution in [3.05, 3.63) is 47.5 Å². The van der Waals surface area contributed by atoms with Crippen molar-refractivity contribution in [2.45, 2.75) is 64.3 Å². The van der Waals surface area contributed by atoms with Crippen molar-refractivity contribution in [2.75, 3.05) is 13.7 Å². The molecular weight excluding hydrogens is 440 g/mol. The summed E-state index contributed by atoms with van der Waals surface area (Å²) in [5.74, 6) is 4.43. The molecule has 0 bridgehead atoms. The number of carbonyl (C=O) groups is 3. The predicted molar refractivity (Wildman–Crippen MR) is 127 cm³/mol. The number of amides is 2. The number of benzene rings is 1. The van der Waals surface area contributed by atoms with Gasteiger partial charge in [-0.1, -0.05) is 17.9 Å². The van der Waals surface area contributed by atoms with Gasteiger partial charge in [0, 0.05) is 11.1 Å². The molecule has 0 aliphatic heterocycles. The highest BCUT2D eigenvalue weighted by molar-refractivity contribution is 5.97. The topological polar surface area (TPSA) is 134 Å². The maximum atomic E-state index is 12.8. The molecule has 186 valence electrons. The number of esters is 1. The summed E-state index contributed by atoms with van der Waals surface area (Å²) in [4.78, 5) is 37.4. The minimum atomic E-state index is -1.22. The summed E-state index contributed by atoms with van der Waals surface area (Å²) in [5.41, 5.74) is -1.01. The van der Waals surface area contributed by atoms with E-state index in [-0.39, 0.29) is 12.2 Å². The molecule has 1 rings (SSSR count). The molecule has 0 saturated heterocycles. The van der Waals surface area contributed by atoms with Gasteiger partial charge >= 0.3 is 12.1 Å². The summed E-state index contributed by atoms with van der Waals surface area (Å²) in [6.07, 6.45) is 1.97. The first-order chi connectivity index (χ1) is 15.8. The van der Waals surface area contributed by atoms with Gasteiger partial charge in [-0.3, -0.25) is 4.79 Å². The molecule has 9 heteroatoms. The van der Waals surface area contributed by atoms with Gasteiger partial charge in [-0.15, -0.1) is 0 Å². The molecule has 0 heterocycles. The van der Waals surface area contributed by atoms with Crippen molar-refractivity contribution in [1.82, 2.24) is 10.6 Å². The first-order valence-electron chi connectivity index (χ1n) is 10.7. The van der Waals surface area contributed by atoms with Crippen LogP contribution in [-0.2, 0) is 14.3 Å². The second kappa shape index (κ2) is 12.8. The average molecular weight is 475 g/mol. The predicted octanol–water partition coefficient (Wildman–Crippen LogP) is 1.91. The van der Waals surface area contributed by atoms with Crippen LogP contribution in [0.4, 0.5) is 4.79 Å². The summed E-state index contributed by atoms with van der Waals surface area (Å²) in [6, 6.07) is 5.23. The summed E-state index contributed by atoms with van der Waals surface area (Å²) < 4.78 is 10.1. The molecule has 1 aromatic rings. The Balaban J connectivity index is 2.90. The number of allylic oxidation sites excluding steroid dienone is 1. The standard InChI is InChI=1S/C25H34N2O7/c1-24(2,3)34-23(32)27-25(4,5)20(22(31)33-6)26-21(30)18-14-12-17(13-15-18)10-8-7-9-11-19(29)16-28/h7,9,12-15,19-20,28-29H,11,16H2,1-6H3,(H,26,30)(H,27,32)/t19?,20-/m1/s1. The number of rotatable bonds is 8. The SMILES string of the molecule is COC(=O)[C@@H](NC(=O)c1ccc(C#CC=CCC(O)CO)cc1)C(C)(C)NC(=O)OC(C)(C)C. The zero-order valence-electron chi connectivity index (χ0n) is 20.5. The van der Waals surface area contributed by atoms with Crippen LogP contribution in [0.25, 0.3) is 0 Å². The number of hydrogen-bond donors (Lipinski definition) is 4. The van der Waals surface area contributed by atoms with E-state index in [0.717, 1.165) is 0 Å². The Kier molecular flexibility index (Phi) is 10.8. The third-order valence-corrected chi connectivity index (χ3v) is 4.44. The molecule has 0 radical (unpaired) electrons. The summed E-state index contributed by atoms with van der Waals surface area (Å²) in [6.45, 7) is 7.98. The van der Waals surface area contributed by atoms with Crippen molar-refractivity contribution in [1.29, 1.82) is 0 Å². The van der Waals surface area contributed by atoms with Crippen molar-refractivity contribution >= 4 is 18.0 Å². The van der Waals surface area contributed by atoms with Gasteiger partial charge in [0.1, 0.15) is 11.6 Å². The molecule has 1 aromatic carbocycles. The smallest absolute Gasteiger partial charge is 0.408 e. The van der Waals surface area contributed by atoms with Crippen LogP contribution in [0.3, 0.4) is 0 Å². The second-order valence-electron chi connectivity index (χ2n) is 9.10. The van der Waals surface area contributed by atoms with Crippen LogP contribution in [0.2, 0.25) is 0 Å². The van der Waals surface area contributed by atoms with Crippen LogP contribution in [0.1, 0.15) is 57.0 Å². The maximum absolute atomic E-state index is 12.8. The monoisotopic (exact) mass is 474 g/mol. The van der Waals surface area contributed by atoms with Crippen LogP contribution in [0, 0.1) is 11.8 Å². The molecule has 2 atom stereocenters. The molecule has 0 aliphatic carbocycles. The van der Waals surface area contributed by atoms with E-state index < -0.39 is 41.3 Å². The number of alkyl carbamates (subject to hydrolysis) is 1. The van der Waals surface area contributed by atoms with Gasteiger partial charge in [0.15, 0.2) is 0 Å². The first kappa shape index (κ1) is 28.7. The quantitative estimate of drug-likeness (QED) is 0.334. The third-order valence-electron chi connectivity index (χ3n) is 4.44. The van der Waals surface area contributed by atoms with Crippen molar-refractivity contribution in [2.24, 2.45) is 0 Å². The largest absolute Gasteiger partial charge is 0.467 e. The Morgan fingerprint density at radius 3 is 2.26 bits per heavy atom. The fourth-order valence-corrected chi connectivity index (χ4v) is 2.69. The molecule has 0 fully saturated rings. The van der Waals surface area contributed by atoms with Crippen LogP contribution in [-0.4, -0.2) is 65.2 Å². The van der Waals surface area contributed by atoms with E-state index in [4.69, 9.17) is 14.6 Å². The number of carbonyl (C=O) groups excluding carboxylic acids is 3. The molecule has 1 unspecified atom stereocenters. The summed E-state index contributed by atoms with van der Waals surface area (Å²) >= 11 is 0. The number of ether oxygens (including phenoxy) is 2. The second-order valence-corrected chi connectivity index (χ2v) is 9.10. The molecule has 0 aliphatic rings. The Bertz CT molecular complexity index is 935. The Labute approximate surface area is 200 Å². The number of methoxy groups -OCH3 is 1. The summed E-state index contributed by atoms with van der Waals surface area (Å²) in [7, 11) is 1.19. The van der Waals surface area contributed by atoms with Gasteiger partial charge in [-0.05, 0) is 71.4 Å². The van der Waals surface area contributed by atoms with Gasteiger partial charge in [0.05, 0.1) is 25.4 Å². The molecule has 0 saturated carbocycles. The number of aliphatic hydroxyl groups is 2. The highest BCUT2D eigenvalue weighted by atomic mass is 16.6. The molecular formula is C25H34N2O7. The zero-order chi connectivity index (χ0) is 25.9. The van der Waals surface area contributed by atoms with Crippen molar-refractivity contribution < 1.29 is 34.1 Å². The first-order valence-corrected chi connectivity index (χ1v) is 10.7. The van der Waals surface area contributed by atoms with Crippen LogP contribution in [0.5, 0.6) is 0 Å². The third kappa shape index (κ3) is 10.1.